The molecule has 5 rings (SSSR count). The van der Waals surface area contributed by atoms with Crippen LogP contribution in [0.2, 0.25) is 0 Å². The molecule has 0 aliphatic carbocycles. The fourth-order valence-electron chi connectivity index (χ4n) is 3.77. The molecule has 30 heavy (non-hydrogen) atoms. The van der Waals surface area contributed by atoms with Gasteiger partial charge in [-0.25, -0.2) is 0 Å². The summed E-state index contributed by atoms with van der Waals surface area (Å²) in [4.78, 5) is 0. The van der Waals surface area contributed by atoms with Crippen LogP contribution in [0.25, 0.3) is 22.0 Å². The van der Waals surface area contributed by atoms with Crippen molar-refractivity contribution in [2.45, 2.75) is 13.0 Å². The van der Waals surface area contributed by atoms with Gasteiger partial charge in [0.25, 0.3) is 0 Å². The minimum absolute atomic E-state index is 0. The Morgan fingerprint density at radius 3 is 2.27 bits per heavy atom. The summed E-state index contributed by atoms with van der Waals surface area (Å²) in [5.41, 5.74) is 3.68. The van der Waals surface area contributed by atoms with Gasteiger partial charge >= 0.3 is 0 Å². The number of nitrogens with zero attached hydrogens (tertiary/aromatic N) is 1. The zero-order valence-electron chi connectivity index (χ0n) is 16.5. The Morgan fingerprint density at radius 1 is 0.900 bits per heavy atom. The van der Waals surface area contributed by atoms with Gasteiger partial charge in [-0.2, -0.15) is 4.57 Å². The number of fused-ring (bicyclic) bond motifs is 5. The van der Waals surface area contributed by atoms with Gasteiger partial charge in [0.1, 0.15) is 0 Å². The molecule has 2 aliphatic rings. The quantitative estimate of drug-likeness (QED) is 0.380. The third kappa shape index (κ3) is 3.93. The average molecular weight is 444 g/mol. The number of ether oxygens (including phenoxy) is 4. The fraction of sp³-hybridized carbons (Fsp3) is 0.250. The molecule has 0 atom stereocenters. The maximum atomic E-state index is 5.60. The van der Waals surface area contributed by atoms with Gasteiger partial charge in [-0.15, -0.1) is 0 Å². The van der Waals surface area contributed by atoms with Crippen LogP contribution in [0.5, 0.6) is 23.0 Å². The molecule has 9 nitrogen and oxygen atoms in total. The van der Waals surface area contributed by atoms with E-state index in [-0.39, 0.29) is 34.3 Å². The number of hydrogen-bond donors (Lipinski definition) is 0. The maximum Gasteiger partial charge on any atom is 0.231 e. The first kappa shape index (κ1) is 27.2. The molecule has 0 spiro atoms. The predicted molar refractivity (Wildman–Crippen MR) is 107 cm³/mol. The molecule has 2 aliphatic heterocycles. The van der Waals surface area contributed by atoms with Crippen molar-refractivity contribution < 1.29 is 57.8 Å². The number of methoxy groups -OCH3 is 2. The van der Waals surface area contributed by atoms with E-state index in [0.29, 0.717) is 6.79 Å². The summed E-state index contributed by atoms with van der Waals surface area (Å²) in [7, 11) is 3.34. The molecule has 10 heteroatoms. The van der Waals surface area contributed by atoms with Crippen LogP contribution >= 0.6 is 0 Å². The van der Waals surface area contributed by atoms with Crippen LogP contribution in [-0.2, 0) is 13.0 Å². The normalized spacial score (nSPS) is 11.8. The van der Waals surface area contributed by atoms with E-state index in [0.717, 1.165) is 46.7 Å². The largest absolute Gasteiger partial charge is 1.00 e. The summed E-state index contributed by atoms with van der Waals surface area (Å²) in [6.45, 7) is 1.21. The van der Waals surface area contributed by atoms with Crippen molar-refractivity contribution in [1.29, 1.82) is 0 Å². The summed E-state index contributed by atoms with van der Waals surface area (Å²) in [6.07, 6.45) is 3.11. The Bertz CT molecular complexity index is 1030. The van der Waals surface area contributed by atoms with Crippen molar-refractivity contribution in [3.63, 3.8) is 0 Å². The highest BCUT2D eigenvalue weighted by atomic mass is 35.5. The molecule has 2 aromatic carbocycles. The number of halogens is 1. The molecule has 1 aromatic heterocycles. The van der Waals surface area contributed by atoms with Crippen molar-refractivity contribution in [3.05, 3.63) is 42.1 Å². The van der Waals surface area contributed by atoms with E-state index in [2.05, 4.69) is 35.0 Å². The third-order valence-electron chi connectivity index (χ3n) is 5.00. The number of benzene rings is 2. The predicted octanol–water partition coefficient (Wildman–Crippen LogP) is -3.20. The van der Waals surface area contributed by atoms with E-state index < -0.39 is 0 Å². The minimum Gasteiger partial charge on any atom is -1.00 e. The highest BCUT2D eigenvalue weighted by Gasteiger charge is 2.28. The van der Waals surface area contributed by atoms with Gasteiger partial charge in [0.15, 0.2) is 35.7 Å². The molecule has 0 radical (unpaired) electrons. The first-order valence-corrected chi connectivity index (χ1v) is 8.29. The van der Waals surface area contributed by atoms with Crippen molar-refractivity contribution in [2.75, 3.05) is 21.0 Å². The number of aryl methyl sites for hydroxylation is 2. The number of rotatable bonds is 2. The van der Waals surface area contributed by atoms with E-state index in [1.54, 1.807) is 14.2 Å². The van der Waals surface area contributed by atoms with Crippen LogP contribution in [0.3, 0.4) is 0 Å². The Kier molecular flexibility index (Phi) is 9.32. The first-order chi connectivity index (χ1) is 12.3. The average Bonchev–Trinajstić information content (AvgIpc) is 3.11. The molecule has 166 valence electrons. The topological polar surface area (TPSA) is 167 Å². The molecule has 0 saturated carbocycles. The fourth-order valence-corrected chi connectivity index (χ4v) is 3.77. The highest BCUT2D eigenvalue weighted by molar-refractivity contribution is 5.91. The molecule has 0 amide bonds. The van der Waals surface area contributed by atoms with E-state index in [1.807, 2.05) is 6.07 Å². The summed E-state index contributed by atoms with van der Waals surface area (Å²) in [5.74, 6) is 3.18. The Labute approximate surface area is 179 Å². The Morgan fingerprint density at radius 2 is 1.60 bits per heavy atom. The lowest BCUT2D eigenvalue weighted by Gasteiger charge is -2.17. The van der Waals surface area contributed by atoms with Crippen LogP contribution in [0.15, 0.2) is 36.5 Å². The number of hydrogen-bond acceptors (Lipinski definition) is 4. The van der Waals surface area contributed by atoms with Crippen LogP contribution in [0, 0.1) is 0 Å². The van der Waals surface area contributed by atoms with Gasteiger partial charge in [-0.1, -0.05) is 0 Å². The van der Waals surface area contributed by atoms with Gasteiger partial charge in [0.05, 0.1) is 25.2 Å². The molecule has 3 heterocycles. The van der Waals surface area contributed by atoms with Crippen molar-refractivity contribution in [2.24, 2.45) is 0 Å². The van der Waals surface area contributed by atoms with Crippen molar-refractivity contribution in [1.82, 2.24) is 0 Å². The maximum absolute atomic E-state index is 5.60. The second kappa shape index (κ2) is 10.3. The monoisotopic (exact) mass is 443 g/mol. The second-order valence-corrected chi connectivity index (χ2v) is 6.27. The summed E-state index contributed by atoms with van der Waals surface area (Å²) in [6, 6.07) is 10.4. The first-order valence-electron chi connectivity index (χ1n) is 8.29. The van der Waals surface area contributed by atoms with Gasteiger partial charge in [0, 0.05) is 12.5 Å². The molecule has 0 saturated heterocycles. The minimum atomic E-state index is 0. The third-order valence-corrected chi connectivity index (χ3v) is 5.00. The standard InChI is InChI=1S/C20H18NO4.ClH.4H2O/c1-22-17-4-3-12-7-16-14-9-19-18(24-11-25-19)8-13(14)5-6-21(16)10-15(12)20(17)23-2;;;;;/h3-4,7-10H,5-6,11H2,1-2H3;1H;4*1H2/q+1;;;;;/p-1. The van der Waals surface area contributed by atoms with Crippen molar-refractivity contribution >= 4 is 10.8 Å². The van der Waals surface area contributed by atoms with Gasteiger partial charge in [-0.05, 0) is 35.2 Å². The van der Waals surface area contributed by atoms with E-state index in [4.69, 9.17) is 18.9 Å². The van der Waals surface area contributed by atoms with Gasteiger partial charge < -0.3 is 53.3 Å². The van der Waals surface area contributed by atoms with Gasteiger partial charge in [0.2, 0.25) is 12.5 Å². The lowest BCUT2D eigenvalue weighted by Crippen LogP contribution is -3.00. The number of aromatic nitrogens is 1. The smallest absolute Gasteiger partial charge is 0.231 e. The van der Waals surface area contributed by atoms with Crippen LogP contribution in [-0.4, -0.2) is 42.9 Å². The lowest BCUT2D eigenvalue weighted by atomic mass is 9.95. The van der Waals surface area contributed by atoms with Crippen LogP contribution in [0.1, 0.15) is 5.56 Å². The summed E-state index contributed by atoms with van der Waals surface area (Å²) in [5, 5.41) is 2.17. The summed E-state index contributed by atoms with van der Waals surface area (Å²) >= 11 is 0. The Balaban J connectivity index is 0.00000168. The zero-order valence-corrected chi connectivity index (χ0v) is 17.3. The highest BCUT2D eigenvalue weighted by Crippen LogP contribution is 2.41. The molecule has 0 unspecified atom stereocenters. The van der Waals surface area contributed by atoms with Crippen molar-refractivity contribution in [3.8, 4) is 34.3 Å². The van der Waals surface area contributed by atoms with E-state index in [9.17, 15) is 0 Å². The molecule has 0 fully saturated rings. The van der Waals surface area contributed by atoms with E-state index in [1.165, 1.54) is 16.8 Å². The lowest BCUT2D eigenvalue weighted by molar-refractivity contribution is -0.686. The molecule has 8 N–H and O–H groups in total. The SMILES string of the molecule is COc1ccc2cc3[n+](cc2c1OC)CCc1cc2c(cc1-3)OCO2.O.O.O.O.[Cl-]. The van der Waals surface area contributed by atoms with Gasteiger partial charge in [-0.3, -0.25) is 0 Å². The second-order valence-electron chi connectivity index (χ2n) is 6.27. The summed E-state index contributed by atoms with van der Waals surface area (Å²) < 4.78 is 24.4. The molecule has 3 aromatic rings. The molecule has 0 bridgehead atoms. The van der Waals surface area contributed by atoms with Crippen LogP contribution < -0.4 is 35.9 Å². The van der Waals surface area contributed by atoms with E-state index >= 15 is 0 Å². The molecular weight excluding hydrogens is 418 g/mol. The number of pyridine rings is 1. The molecular formula is C20H26ClNO8. The zero-order chi connectivity index (χ0) is 17.0. The van der Waals surface area contributed by atoms with Crippen LogP contribution in [0.4, 0.5) is 0 Å². The Hall–Kier alpha value is -2.82.